The van der Waals surface area contributed by atoms with Crippen LogP contribution in [-0.4, -0.2) is 19.0 Å². The van der Waals surface area contributed by atoms with E-state index in [-0.39, 0.29) is 5.41 Å². The van der Waals surface area contributed by atoms with Crippen molar-refractivity contribution in [1.29, 1.82) is 0 Å². The molecule has 3 heteroatoms. The minimum Gasteiger partial charge on any atom is -0.381 e. The number of thiophene rings is 1. The Morgan fingerprint density at radius 1 is 1.10 bits per heavy atom. The molecule has 1 fully saturated rings. The number of carbonyl (C=O) groups is 1. The van der Waals surface area contributed by atoms with Crippen molar-refractivity contribution < 1.29 is 9.53 Å². The number of rotatable bonds is 5. The van der Waals surface area contributed by atoms with E-state index >= 15 is 0 Å². The summed E-state index contributed by atoms with van der Waals surface area (Å²) in [4.78, 5) is 14.3. The molecule has 110 valence electrons. The van der Waals surface area contributed by atoms with Crippen molar-refractivity contribution in [3.05, 3.63) is 58.3 Å². The smallest absolute Gasteiger partial charge is 0.143 e. The highest BCUT2D eigenvalue weighted by Gasteiger charge is 2.40. The molecule has 0 unspecified atom stereocenters. The maximum atomic E-state index is 13.0. The molecule has 0 spiro atoms. The van der Waals surface area contributed by atoms with E-state index in [2.05, 4.69) is 23.6 Å². The first-order chi connectivity index (χ1) is 10.3. The van der Waals surface area contributed by atoms with Crippen LogP contribution in [0.5, 0.6) is 0 Å². The van der Waals surface area contributed by atoms with Gasteiger partial charge in [0, 0.05) is 24.5 Å². The van der Waals surface area contributed by atoms with Crippen molar-refractivity contribution in [3.8, 4) is 0 Å². The summed E-state index contributed by atoms with van der Waals surface area (Å²) in [6.45, 7) is 1.36. The van der Waals surface area contributed by atoms with Crippen LogP contribution < -0.4 is 0 Å². The minimum atomic E-state index is -0.337. The third kappa shape index (κ3) is 3.09. The normalized spacial score (nSPS) is 17.5. The Kier molecular flexibility index (Phi) is 4.51. The molecule has 0 amide bonds. The van der Waals surface area contributed by atoms with E-state index in [9.17, 15) is 4.79 Å². The van der Waals surface area contributed by atoms with Crippen LogP contribution in [0.1, 0.15) is 29.7 Å². The Bertz CT molecular complexity index is 569. The Labute approximate surface area is 129 Å². The van der Waals surface area contributed by atoms with E-state index in [1.807, 2.05) is 24.3 Å². The van der Waals surface area contributed by atoms with Gasteiger partial charge in [-0.2, -0.15) is 0 Å². The molecule has 1 aromatic heterocycles. The molecule has 0 N–H and O–H groups in total. The van der Waals surface area contributed by atoms with Gasteiger partial charge in [-0.1, -0.05) is 36.4 Å². The van der Waals surface area contributed by atoms with E-state index in [0.29, 0.717) is 25.4 Å². The van der Waals surface area contributed by atoms with Crippen LogP contribution in [0.2, 0.25) is 0 Å². The number of benzene rings is 1. The quantitative estimate of drug-likeness (QED) is 0.834. The minimum absolute atomic E-state index is 0.337. The van der Waals surface area contributed by atoms with Crippen molar-refractivity contribution in [2.24, 2.45) is 0 Å². The lowest BCUT2D eigenvalue weighted by Gasteiger charge is -2.36. The zero-order valence-corrected chi connectivity index (χ0v) is 12.9. The van der Waals surface area contributed by atoms with E-state index in [1.165, 1.54) is 4.88 Å². The fourth-order valence-corrected chi connectivity index (χ4v) is 3.85. The van der Waals surface area contributed by atoms with Gasteiger partial charge in [0.05, 0.1) is 5.41 Å². The van der Waals surface area contributed by atoms with E-state index in [0.717, 1.165) is 24.8 Å². The Hall–Kier alpha value is -1.45. The largest absolute Gasteiger partial charge is 0.381 e. The van der Waals surface area contributed by atoms with Gasteiger partial charge in [0.15, 0.2) is 0 Å². The summed E-state index contributed by atoms with van der Waals surface area (Å²) in [5.41, 5.74) is 0.820. The monoisotopic (exact) mass is 300 g/mol. The summed E-state index contributed by atoms with van der Waals surface area (Å²) < 4.78 is 5.50. The molecule has 0 atom stereocenters. The highest BCUT2D eigenvalue weighted by atomic mass is 32.1. The molecule has 2 heterocycles. The number of ketones is 1. The average Bonchev–Trinajstić information content (AvgIpc) is 3.07. The first kappa shape index (κ1) is 14.5. The van der Waals surface area contributed by atoms with Gasteiger partial charge in [0.2, 0.25) is 0 Å². The Morgan fingerprint density at radius 3 is 2.52 bits per heavy atom. The zero-order chi connectivity index (χ0) is 14.5. The Balaban J connectivity index is 1.80. The molecular formula is C18H20O2S. The van der Waals surface area contributed by atoms with Crippen molar-refractivity contribution in [2.45, 2.75) is 31.1 Å². The fourth-order valence-electron chi connectivity index (χ4n) is 3.14. The van der Waals surface area contributed by atoms with Crippen molar-refractivity contribution in [3.63, 3.8) is 0 Å². The number of Topliss-reactive ketones (excluding diaryl/α,β-unsaturated/α-hetero) is 1. The highest BCUT2D eigenvalue weighted by Crippen LogP contribution is 2.37. The summed E-state index contributed by atoms with van der Waals surface area (Å²) in [6.07, 6.45) is 3.09. The zero-order valence-electron chi connectivity index (χ0n) is 12.1. The van der Waals surface area contributed by atoms with Crippen molar-refractivity contribution >= 4 is 17.1 Å². The van der Waals surface area contributed by atoms with Gasteiger partial charge in [0.25, 0.3) is 0 Å². The van der Waals surface area contributed by atoms with Crippen LogP contribution in [0.25, 0.3) is 0 Å². The number of aryl methyl sites for hydroxylation is 1. The van der Waals surface area contributed by atoms with Gasteiger partial charge in [-0.3, -0.25) is 4.79 Å². The summed E-state index contributed by atoms with van der Waals surface area (Å²) in [5.74, 6) is 0.366. The molecule has 1 aliphatic rings. The van der Waals surface area contributed by atoms with E-state index in [4.69, 9.17) is 4.74 Å². The average molecular weight is 300 g/mol. The third-order valence-corrected chi connectivity index (χ3v) is 5.32. The predicted molar refractivity (Wildman–Crippen MR) is 85.8 cm³/mol. The van der Waals surface area contributed by atoms with Gasteiger partial charge in [-0.25, -0.2) is 0 Å². The Morgan fingerprint density at radius 2 is 1.86 bits per heavy atom. The molecule has 0 aliphatic carbocycles. The standard InChI is InChI=1S/C18H20O2S/c19-17(9-8-16-7-4-14-21-16)18(10-12-20-13-11-18)15-5-2-1-3-6-15/h1-7,14H,8-13H2. The second-order valence-electron chi connectivity index (χ2n) is 5.56. The van der Waals surface area contributed by atoms with Crippen LogP contribution in [0, 0.1) is 0 Å². The summed E-state index contributed by atoms with van der Waals surface area (Å²) >= 11 is 1.73. The van der Waals surface area contributed by atoms with Crippen LogP contribution in [-0.2, 0) is 21.4 Å². The topological polar surface area (TPSA) is 26.3 Å². The van der Waals surface area contributed by atoms with Gasteiger partial charge >= 0.3 is 0 Å². The second kappa shape index (κ2) is 6.54. The summed E-state index contributed by atoms with van der Waals surface area (Å²) in [6, 6.07) is 14.4. The molecule has 21 heavy (non-hydrogen) atoms. The predicted octanol–water partition coefficient (Wildman–Crippen LogP) is 4.00. The van der Waals surface area contributed by atoms with Crippen molar-refractivity contribution in [2.75, 3.05) is 13.2 Å². The van der Waals surface area contributed by atoms with E-state index < -0.39 is 0 Å². The maximum absolute atomic E-state index is 13.0. The van der Waals surface area contributed by atoms with E-state index in [1.54, 1.807) is 11.3 Å². The molecule has 0 radical (unpaired) electrons. The molecule has 1 aliphatic heterocycles. The van der Waals surface area contributed by atoms with Crippen LogP contribution in [0.15, 0.2) is 47.8 Å². The van der Waals surface area contributed by atoms with Crippen LogP contribution in [0.4, 0.5) is 0 Å². The van der Waals surface area contributed by atoms with Crippen LogP contribution in [0.3, 0.4) is 0 Å². The SMILES string of the molecule is O=C(CCc1cccs1)C1(c2ccccc2)CCOCC1. The van der Waals surface area contributed by atoms with Gasteiger partial charge in [0.1, 0.15) is 5.78 Å². The summed E-state index contributed by atoms with van der Waals surface area (Å²) in [7, 11) is 0. The molecule has 2 aromatic rings. The van der Waals surface area contributed by atoms with Gasteiger partial charge < -0.3 is 4.74 Å². The highest BCUT2D eigenvalue weighted by molar-refractivity contribution is 7.09. The number of hydrogen-bond donors (Lipinski definition) is 0. The molecule has 2 nitrogen and oxygen atoms in total. The fraction of sp³-hybridized carbons (Fsp3) is 0.389. The number of hydrogen-bond acceptors (Lipinski definition) is 3. The first-order valence-electron chi connectivity index (χ1n) is 7.50. The van der Waals surface area contributed by atoms with Gasteiger partial charge in [-0.05, 0) is 36.3 Å². The number of carbonyl (C=O) groups excluding carboxylic acids is 1. The maximum Gasteiger partial charge on any atom is 0.143 e. The lowest BCUT2D eigenvalue weighted by atomic mass is 9.70. The van der Waals surface area contributed by atoms with Crippen molar-refractivity contribution in [1.82, 2.24) is 0 Å². The molecule has 1 saturated heterocycles. The molecule has 0 saturated carbocycles. The second-order valence-corrected chi connectivity index (χ2v) is 6.60. The molecular weight excluding hydrogens is 280 g/mol. The lowest BCUT2D eigenvalue weighted by molar-refractivity contribution is -0.128. The molecule has 1 aromatic carbocycles. The van der Waals surface area contributed by atoms with Gasteiger partial charge in [-0.15, -0.1) is 11.3 Å². The number of ether oxygens (including phenoxy) is 1. The summed E-state index contributed by atoms with van der Waals surface area (Å²) in [5, 5.41) is 2.07. The first-order valence-corrected chi connectivity index (χ1v) is 8.38. The molecule has 3 rings (SSSR count). The lowest BCUT2D eigenvalue weighted by Crippen LogP contribution is -2.41. The van der Waals surface area contributed by atoms with Crippen LogP contribution >= 0.6 is 11.3 Å². The molecule has 0 bridgehead atoms. The third-order valence-electron chi connectivity index (χ3n) is 4.39.